The number of pyridine rings is 1. The van der Waals surface area contributed by atoms with E-state index in [9.17, 15) is 18.5 Å². The molecule has 0 saturated heterocycles. The molecule has 4 aromatic heterocycles. The molecule has 0 spiro atoms. The first kappa shape index (κ1) is 24.8. The van der Waals surface area contributed by atoms with Crippen molar-refractivity contribution in [2.75, 3.05) is 0 Å². The van der Waals surface area contributed by atoms with Gasteiger partial charge in [-0.25, -0.2) is 22.4 Å². The summed E-state index contributed by atoms with van der Waals surface area (Å²) in [6, 6.07) is 12.2. The molecule has 11 nitrogen and oxygen atoms in total. The Labute approximate surface area is 224 Å². The Morgan fingerprint density at radius 3 is 2.72 bits per heavy atom. The fourth-order valence-electron chi connectivity index (χ4n) is 5.33. The van der Waals surface area contributed by atoms with Gasteiger partial charge in [0.2, 0.25) is 0 Å². The van der Waals surface area contributed by atoms with Crippen LogP contribution in [0, 0.1) is 18.3 Å². The van der Waals surface area contributed by atoms with Gasteiger partial charge in [0.1, 0.15) is 11.6 Å². The molecule has 0 saturated carbocycles. The number of ether oxygens (including phenoxy) is 1. The summed E-state index contributed by atoms with van der Waals surface area (Å²) in [6.45, 7) is 5.48. The number of fused-ring (bicyclic) bond motifs is 4. The third-order valence-corrected chi connectivity index (χ3v) is 8.78. The number of aromatic nitrogens is 6. The summed E-state index contributed by atoms with van der Waals surface area (Å²) >= 11 is 0. The number of nitrogens with zero attached hydrogens (tertiary/aromatic N) is 7. The Hall–Kier alpha value is -4.50. The predicted octanol–water partition coefficient (Wildman–Crippen LogP) is 3.81. The second-order valence-electron chi connectivity index (χ2n) is 9.76. The maximum Gasteiger partial charge on any atom is 0.303 e. The van der Waals surface area contributed by atoms with Gasteiger partial charge in [-0.05, 0) is 51.0 Å². The maximum atomic E-state index is 13.6. The monoisotopic (exact) mass is 543 g/mol. The van der Waals surface area contributed by atoms with E-state index in [1.807, 2.05) is 16.2 Å². The van der Waals surface area contributed by atoms with Crippen LogP contribution in [0.25, 0.3) is 22.1 Å². The molecule has 198 valence electrons. The minimum Gasteiger partial charge on any atom is -0.455 e. The molecule has 0 bridgehead atoms. The van der Waals surface area contributed by atoms with Crippen LogP contribution in [-0.4, -0.2) is 42.7 Å². The highest BCUT2D eigenvalue weighted by atomic mass is 32.2. The summed E-state index contributed by atoms with van der Waals surface area (Å²) in [5.41, 5.74) is 3.83. The van der Waals surface area contributed by atoms with Gasteiger partial charge in [-0.15, -0.1) is 0 Å². The lowest BCUT2D eigenvalue weighted by Gasteiger charge is -2.28. The predicted molar refractivity (Wildman–Crippen MR) is 141 cm³/mol. The van der Waals surface area contributed by atoms with Crippen LogP contribution in [0.5, 0.6) is 0 Å². The highest BCUT2D eigenvalue weighted by molar-refractivity contribution is 7.90. The Bertz CT molecular complexity index is 1910. The van der Waals surface area contributed by atoms with Crippen LogP contribution >= 0.6 is 0 Å². The van der Waals surface area contributed by atoms with Crippen molar-refractivity contribution < 1.29 is 17.9 Å². The van der Waals surface area contributed by atoms with Gasteiger partial charge in [0.15, 0.2) is 23.3 Å². The van der Waals surface area contributed by atoms with Gasteiger partial charge in [0.05, 0.1) is 29.2 Å². The molecule has 0 unspecified atom stereocenters. The second-order valence-corrected chi connectivity index (χ2v) is 11.6. The van der Waals surface area contributed by atoms with Crippen molar-refractivity contribution >= 4 is 38.1 Å². The molecule has 0 aliphatic carbocycles. The third kappa shape index (κ3) is 4.06. The molecule has 5 aromatic rings. The van der Waals surface area contributed by atoms with Crippen LogP contribution in [0.1, 0.15) is 55.2 Å². The maximum absolute atomic E-state index is 13.6. The molecule has 0 fully saturated rings. The van der Waals surface area contributed by atoms with Gasteiger partial charge < -0.3 is 9.30 Å². The summed E-state index contributed by atoms with van der Waals surface area (Å²) in [7, 11) is -3.90. The van der Waals surface area contributed by atoms with Crippen molar-refractivity contribution in [2.24, 2.45) is 0 Å². The number of imidazole rings is 1. The summed E-state index contributed by atoms with van der Waals surface area (Å²) in [5, 5.41) is 14.3. The van der Waals surface area contributed by atoms with E-state index in [0.29, 0.717) is 40.9 Å². The molecule has 0 amide bonds. The number of esters is 1. The fraction of sp³-hybridized carbons (Fsp3) is 0.296. The number of aryl methyl sites for hydroxylation is 2. The minimum atomic E-state index is -3.90. The van der Waals surface area contributed by atoms with Crippen LogP contribution in [-0.2, 0) is 32.5 Å². The van der Waals surface area contributed by atoms with E-state index < -0.39 is 22.1 Å². The Kier molecular flexibility index (Phi) is 5.76. The van der Waals surface area contributed by atoms with E-state index in [1.54, 1.807) is 49.5 Å². The van der Waals surface area contributed by atoms with E-state index in [4.69, 9.17) is 9.72 Å². The standard InChI is InChI=1S/C27H25N7O4S/c1-16-4-8-22(9-5-16)39(36,37)33-11-10-23-25-24(14-29-27(23)33)30-26(17(2)38-18(3)35)34(25)21-7-6-20-12-19(13-28)31-32(20)15-21/h4-5,8-12,14,17,21H,6-7,15H2,1-3H3/t17-,21-/m1/s1. The number of rotatable bonds is 5. The second kappa shape index (κ2) is 9.06. The molecule has 5 heterocycles. The fourth-order valence-corrected chi connectivity index (χ4v) is 6.63. The van der Waals surface area contributed by atoms with Gasteiger partial charge in [-0.1, -0.05) is 17.7 Å². The molecule has 0 radical (unpaired) electrons. The molecule has 6 rings (SSSR count). The van der Waals surface area contributed by atoms with E-state index in [2.05, 4.69) is 16.2 Å². The van der Waals surface area contributed by atoms with Gasteiger partial charge in [-0.2, -0.15) is 10.4 Å². The van der Waals surface area contributed by atoms with E-state index >= 15 is 0 Å². The molecule has 39 heavy (non-hydrogen) atoms. The number of nitriles is 1. The molecular formula is C27H25N7O4S. The Morgan fingerprint density at radius 1 is 1.23 bits per heavy atom. The highest BCUT2D eigenvalue weighted by Crippen LogP contribution is 2.36. The number of benzene rings is 1. The van der Waals surface area contributed by atoms with Crippen molar-refractivity contribution in [1.82, 2.24) is 28.3 Å². The quantitative estimate of drug-likeness (QED) is 0.305. The van der Waals surface area contributed by atoms with E-state index in [1.165, 1.54) is 17.1 Å². The largest absolute Gasteiger partial charge is 0.455 e. The third-order valence-electron chi connectivity index (χ3n) is 7.10. The van der Waals surface area contributed by atoms with Crippen molar-refractivity contribution in [1.29, 1.82) is 5.26 Å². The molecule has 1 aromatic carbocycles. The van der Waals surface area contributed by atoms with Crippen molar-refractivity contribution in [2.45, 2.75) is 57.2 Å². The smallest absolute Gasteiger partial charge is 0.303 e. The van der Waals surface area contributed by atoms with Crippen LogP contribution in [0.4, 0.5) is 0 Å². The van der Waals surface area contributed by atoms with Crippen molar-refractivity contribution in [3.8, 4) is 6.07 Å². The zero-order valence-corrected chi connectivity index (χ0v) is 22.4. The molecule has 12 heteroatoms. The summed E-state index contributed by atoms with van der Waals surface area (Å²) in [6.07, 6.45) is 3.82. The summed E-state index contributed by atoms with van der Waals surface area (Å²) in [4.78, 5) is 21.3. The lowest BCUT2D eigenvalue weighted by atomic mass is 10.0. The van der Waals surface area contributed by atoms with E-state index in [0.717, 1.165) is 17.7 Å². The topological polar surface area (TPSA) is 138 Å². The first-order valence-electron chi connectivity index (χ1n) is 12.5. The molecule has 0 N–H and O–H groups in total. The van der Waals surface area contributed by atoms with Crippen LogP contribution < -0.4 is 0 Å². The lowest BCUT2D eigenvalue weighted by Crippen LogP contribution is -2.26. The van der Waals surface area contributed by atoms with Gasteiger partial charge >= 0.3 is 5.97 Å². The normalized spacial score (nSPS) is 16.2. The Balaban J connectivity index is 1.55. The van der Waals surface area contributed by atoms with Crippen molar-refractivity contribution in [3.05, 3.63) is 71.6 Å². The van der Waals surface area contributed by atoms with Crippen LogP contribution in [0.15, 0.2) is 53.7 Å². The Morgan fingerprint density at radius 2 is 2.00 bits per heavy atom. The number of hydrogen-bond donors (Lipinski definition) is 0. The first-order valence-corrected chi connectivity index (χ1v) is 14.0. The molecule has 1 aliphatic rings. The summed E-state index contributed by atoms with van der Waals surface area (Å²) < 4.78 is 37.6. The number of hydrogen-bond acceptors (Lipinski definition) is 8. The number of carbonyl (C=O) groups is 1. The lowest BCUT2D eigenvalue weighted by molar-refractivity contribution is -0.146. The van der Waals surface area contributed by atoms with Gasteiger partial charge in [0, 0.05) is 24.2 Å². The van der Waals surface area contributed by atoms with Crippen LogP contribution in [0.3, 0.4) is 0 Å². The average Bonchev–Trinajstić information content (AvgIpc) is 3.62. The van der Waals surface area contributed by atoms with Crippen molar-refractivity contribution in [3.63, 3.8) is 0 Å². The zero-order valence-electron chi connectivity index (χ0n) is 21.6. The SMILES string of the molecule is CC(=O)O[C@H](C)c1nc2cnc3c(ccn3S(=O)(=O)c3ccc(C)cc3)c2n1[C@@H]1CCc2cc(C#N)nn2C1. The highest BCUT2D eigenvalue weighted by Gasteiger charge is 2.30. The summed E-state index contributed by atoms with van der Waals surface area (Å²) in [5.74, 6) is 0.0983. The molecule has 1 aliphatic heterocycles. The number of carbonyl (C=O) groups excluding carboxylic acids is 1. The van der Waals surface area contributed by atoms with Crippen LogP contribution in [0.2, 0.25) is 0 Å². The zero-order chi connectivity index (χ0) is 27.5. The molecule has 2 atom stereocenters. The molecular weight excluding hydrogens is 518 g/mol. The van der Waals surface area contributed by atoms with Gasteiger partial charge in [0.25, 0.3) is 10.0 Å². The van der Waals surface area contributed by atoms with E-state index in [-0.39, 0.29) is 16.6 Å². The van der Waals surface area contributed by atoms with Gasteiger partial charge in [-0.3, -0.25) is 9.48 Å². The average molecular weight is 544 g/mol. The first-order chi connectivity index (χ1) is 18.7. The minimum absolute atomic E-state index is 0.135.